The molecule has 2 unspecified atom stereocenters. The maximum atomic E-state index is 12.3. The Morgan fingerprint density at radius 2 is 2.24 bits per heavy atom. The normalized spacial score (nSPS) is 23.9. The molecule has 100 valence electrons. The predicted molar refractivity (Wildman–Crippen MR) is 55.7 cm³/mol. The summed E-state index contributed by atoms with van der Waals surface area (Å²) >= 11 is 0. The summed E-state index contributed by atoms with van der Waals surface area (Å²) in [6, 6.07) is 0.206. The third kappa shape index (κ3) is 4.16. The molecular weight excluding hydrogens is 237 g/mol. The minimum atomic E-state index is -4.69. The molecule has 2 atom stereocenters. The number of nitrogens with zero attached hydrogens (tertiary/aromatic N) is 1. The van der Waals surface area contributed by atoms with Gasteiger partial charge in [0.1, 0.15) is 0 Å². The molecular formula is C10H17F3N2O2. The SMILES string of the molecule is CN1CCCC1CNCC(C(=O)O)C(F)(F)F. The van der Waals surface area contributed by atoms with Crippen LogP contribution in [0.3, 0.4) is 0 Å². The van der Waals surface area contributed by atoms with Gasteiger partial charge in [0.2, 0.25) is 0 Å². The molecule has 0 spiro atoms. The van der Waals surface area contributed by atoms with Crippen LogP contribution in [-0.4, -0.2) is 54.9 Å². The first kappa shape index (κ1) is 14.2. The molecule has 0 radical (unpaired) electrons. The van der Waals surface area contributed by atoms with Crippen molar-refractivity contribution in [2.75, 3.05) is 26.7 Å². The Hall–Kier alpha value is -0.820. The summed E-state index contributed by atoms with van der Waals surface area (Å²) in [6.45, 7) is 0.771. The summed E-state index contributed by atoms with van der Waals surface area (Å²) in [4.78, 5) is 12.5. The van der Waals surface area contributed by atoms with Crippen molar-refractivity contribution in [3.63, 3.8) is 0 Å². The van der Waals surface area contributed by atoms with Gasteiger partial charge < -0.3 is 15.3 Å². The standard InChI is InChI=1S/C10H17F3N2O2/c1-15-4-2-3-7(15)5-14-6-8(9(16)17)10(11,12)13/h7-8,14H,2-6H2,1H3,(H,16,17). The Labute approximate surface area is 97.8 Å². The van der Waals surface area contributed by atoms with E-state index in [1.54, 1.807) is 0 Å². The summed E-state index contributed by atoms with van der Waals surface area (Å²) in [5.41, 5.74) is 0. The molecule has 0 aromatic carbocycles. The molecule has 1 aliphatic rings. The minimum absolute atomic E-state index is 0.206. The monoisotopic (exact) mass is 254 g/mol. The number of likely N-dealkylation sites (tertiary alicyclic amines) is 1. The highest BCUT2D eigenvalue weighted by Crippen LogP contribution is 2.26. The van der Waals surface area contributed by atoms with Crippen LogP contribution in [0.5, 0.6) is 0 Å². The number of nitrogens with one attached hydrogen (secondary N) is 1. The number of aliphatic carboxylic acids is 1. The molecule has 1 aliphatic heterocycles. The van der Waals surface area contributed by atoms with Crippen LogP contribution in [0.2, 0.25) is 0 Å². The second kappa shape index (κ2) is 5.68. The number of carboxylic acids is 1. The van der Waals surface area contributed by atoms with E-state index in [1.807, 2.05) is 7.05 Å². The van der Waals surface area contributed by atoms with Gasteiger partial charge in [0.05, 0.1) is 0 Å². The number of hydrogen-bond donors (Lipinski definition) is 2. The highest BCUT2D eigenvalue weighted by molar-refractivity contribution is 5.71. The van der Waals surface area contributed by atoms with E-state index < -0.39 is 24.6 Å². The van der Waals surface area contributed by atoms with Crippen LogP contribution in [0.4, 0.5) is 13.2 Å². The zero-order chi connectivity index (χ0) is 13.1. The number of rotatable bonds is 5. The van der Waals surface area contributed by atoms with Crippen molar-refractivity contribution in [2.45, 2.75) is 25.1 Å². The molecule has 0 bridgehead atoms. The largest absolute Gasteiger partial charge is 0.481 e. The molecule has 7 heteroatoms. The maximum absolute atomic E-state index is 12.3. The van der Waals surface area contributed by atoms with Crippen LogP contribution in [0.1, 0.15) is 12.8 Å². The first-order valence-electron chi connectivity index (χ1n) is 5.53. The molecule has 0 amide bonds. The fourth-order valence-corrected chi connectivity index (χ4v) is 1.97. The summed E-state index contributed by atoms with van der Waals surface area (Å²) in [5, 5.41) is 11.1. The quantitative estimate of drug-likeness (QED) is 0.766. The Kier molecular flexibility index (Phi) is 4.76. The first-order chi connectivity index (χ1) is 7.82. The van der Waals surface area contributed by atoms with Crippen molar-refractivity contribution in [3.8, 4) is 0 Å². The lowest BCUT2D eigenvalue weighted by molar-refractivity contribution is -0.192. The number of carbonyl (C=O) groups is 1. The fraction of sp³-hybridized carbons (Fsp3) is 0.900. The van der Waals surface area contributed by atoms with Gasteiger partial charge in [-0.05, 0) is 26.4 Å². The van der Waals surface area contributed by atoms with Gasteiger partial charge in [-0.3, -0.25) is 4.79 Å². The molecule has 2 N–H and O–H groups in total. The van der Waals surface area contributed by atoms with Gasteiger partial charge in [0.25, 0.3) is 0 Å². The van der Waals surface area contributed by atoms with Crippen LogP contribution >= 0.6 is 0 Å². The van der Waals surface area contributed by atoms with Gasteiger partial charge in [-0.2, -0.15) is 13.2 Å². The molecule has 1 saturated heterocycles. The van der Waals surface area contributed by atoms with Crippen molar-refractivity contribution in [3.05, 3.63) is 0 Å². The molecule has 1 rings (SSSR count). The Morgan fingerprint density at radius 1 is 1.59 bits per heavy atom. The number of halogens is 3. The van der Waals surface area contributed by atoms with Crippen molar-refractivity contribution in [1.82, 2.24) is 10.2 Å². The number of carboxylic acid groups (broad SMARTS) is 1. The zero-order valence-corrected chi connectivity index (χ0v) is 9.63. The predicted octanol–water partition coefficient (Wildman–Crippen LogP) is 0.933. The molecule has 1 fully saturated rings. The second-order valence-corrected chi connectivity index (χ2v) is 4.37. The first-order valence-corrected chi connectivity index (χ1v) is 5.53. The Morgan fingerprint density at radius 3 is 2.65 bits per heavy atom. The smallest absolute Gasteiger partial charge is 0.403 e. The van der Waals surface area contributed by atoms with Crippen molar-refractivity contribution >= 4 is 5.97 Å². The van der Waals surface area contributed by atoms with Crippen LogP contribution in [0.25, 0.3) is 0 Å². The van der Waals surface area contributed by atoms with Gasteiger partial charge >= 0.3 is 12.1 Å². The van der Waals surface area contributed by atoms with Crippen LogP contribution in [0, 0.1) is 5.92 Å². The third-order valence-electron chi connectivity index (χ3n) is 3.09. The van der Waals surface area contributed by atoms with E-state index in [0.717, 1.165) is 19.4 Å². The lowest BCUT2D eigenvalue weighted by atomic mass is 10.1. The van der Waals surface area contributed by atoms with E-state index in [9.17, 15) is 18.0 Å². The summed E-state index contributed by atoms with van der Waals surface area (Å²) in [6.07, 6.45) is -2.72. The number of hydrogen-bond acceptors (Lipinski definition) is 3. The Balaban J connectivity index is 2.35. The van der Waals surface area contributed by atoms with Gasteiger partial charge in [-0.1, -0.05) is 0 Å². The maximum Gasteiger partial charge on any atom is 0.403 e. The fourth-order valence-electron chi connectivity index (χ4n) is 1.97. The molecule has 0 aromatic heterocycles. The van der Waals surface area contributed by atoms with Crippen molar-refractivity contribution in [2.24, 2.45) is 5.92 Å². The number of alkyl halides is 3. The minimum Gasteiger partial charge on any atom is -0.481 e. The average molecular weight is 254 g/mol. The molecule has 1 heterocycles. The molecule has 0 aliphatic carbocycles. The summed E-state index contributed by atoms with van der Waals surface area (Å²) in [5.74, 6) is -4.15. The highest BCUT2D eigenvalue weighted by atomic mass is 19.4. The van der Waals surface area contributed by atoms with Crippen LogP contribution < -0.4 is 5.32 Å². The third-order valence-corrected chi connectivity index (χ3v) is 3.09. The van der Waals surface area contributed by atoms with E-state index >= 15 is 0 Å². The van der Waals surface area contributed by atoms with Crippen molar-refractivity contribution in [1.29, 1.82) is 0 Å². The van der Waals surface area contributed by atoms with E-state index in [1.165, 1.54) is 0 Å². The Bertz CT molecular complexity index is 271. The van der Waals surface area contributed by atoms with Crippen LogP contribution in [0.15, 0.2) is 0 Å². The molecule has 0 aromatic rings. The molecule has 4 nitrogen and oxygen atoms in total. The number of likely N-dealkylation sites (N-methyl/N-ethyl adjacent to an activating group) is 1. The lowest BCUT2D eigenvalue weighted by Gasteiger charge is -2.22. The van der Waals surface area contributed by atoms with E-state index in [2.05, 4.69) is 10.2 Å². The lowest BCUT2D eigenvalue weighted by Crippen LogP contribution is -2.43. The average Bonchev–Trinajstić information content (AvgIpc) is 2.56. The van der Waals surface area contributed by atoms with E-state index in [-0.39, 0.29) is 6.04 Å². The van der Waals surface area contributed by atoms with E-state index in [4.69, 9.17) is 5.11 Å². The zero-order valence-electron chi connectivity index (χ0n) is 9.63. The summed E-state index contributed by atoms with van der Waals surface area (Å²) in [7, 11) is 1.91. The van der Waals surface area contributed by atoms with Gasteiger partial charge in [-0.25, -0.2) is 0 Å². The van der Waals surface area contributed by atoms with E-state index in [0.29, 0.717) is 6.54 Å². The topological polar surface area (TPSA) is 52.6 Å². The molecule has 0 saturated carbocycles. The highest BCUT2D eigenvalue weighted by Gasteiger charge is 2.44. The van der Waals surface area contributed by atoms with Crippen molar-refractivity contribution < 1.29 is 23.1 Å². The summed E-state index contributed by atoms with van der Waals surface area (Å²) < 4.78 is 37.0. The molecule has 17 heavy (non-hydrogen) atoms. The van der Waals surface area contributed by atoms with Crippen LogP contribution in [-0.2, 0) is 4.79 Å². The van der Waals surface area contributed by atoms with Gasteiger partial charge in [0.15, 0.2) is 5.92 Å². The second-order valence-electron chi connectivity index (χ2n) is 4.37. The van der Waals surface area contributed by atoms with Gasteiger partial charge in [-0.15, -0.1) is 0 Å². The van der Waals surface area contributed by atoms with Gasteiger partial charge in [0, 0.05) is 19.1 Å².